The van der Waals surface area contributed by atoms with Crippen LogP contribution in [-0.2, 0) is 44.1 Å². The first-order valence-electron chi connectivity index (χ1n) is 22.9. The first-order chi connectivity index (χ1) is 35.8. The number of halogens is 5. The molecule has 0 saturated carbocycles. The highest BCUT2D eigenvalue weighted by atomic mass is 35.5. The molecule has 21 heteroatoms. The van der Waals surface area contributed by atoms with Crippen molar-refractivity contribution < 1.29 is 46.6 Å². The molecule has 0 saturated heterocycles. The van der Waals surface area contributed by atoms with Crippen LogP contribution in [0.25, 0.3) is 44.1 Å². The molecule has 75 heavy (non-hydrogen) atoms. The molecule has 0 radical (unpaired) electrons. The second-order valence-electron chi connectivity index (χ2n) is 17.8. The number of carbonyl (C=O) groups is 4. The van der Waals surface area contributed by atoms with Gasteiger partial charge in [0.2, 0.25) is 11.9 Å². The van der Waals surface area contributed by atoms with Crippen LogP contribution in [0.5, 0.6) is 0 Å². The topological polar surface area (TPSA) is 214 Å². The van der Waals surface area contributed by atoms with Crippen LogP contribution in [0, 0.1) is 23.3 Å². The molecule has 0 bridgehead atoms. The van der Waals surface area contributed by atoms with Gasteiger partial charge in [-0.3, -0.25) is 14.4 Å². The molecular formula is C54H47ClF4N10O6. The Hall–Kier alpha value is -8.75. The van der Waals surface area contributed by atoms with Crippen molar-refractivity contribution in [3.63, 3.8) is 0 Å². The fourth-order valence-corrected chi connectivity index (χ4v) is 8.44. The van der Waals surface area contributed by atoms with Crippen LogP contribution in [0.1, 0.15) is 54.4 Å². The summed E-state index contributed by atoms with van der Waals surface area (Å²) in [6, 6.07) is 29.5. The Balaban J connectivity index is 0.000000181. The first-order valence-corrected chi connectivity index (χ1v) is 23.3. The lowest BCUT2D eigenvalue weighted by Crippen LogP contribution is -2.27. The number of hydrogen-bond acceptors (Lipinski definition) is 12. The third-order valence-corrected chi connectivity index (χ3v) is 12.6. The highest BCUT2D eigenvalue weighted by molar-refractivity contribution is 6.62. The minimum atomic E-state index is -1.07. The number of ether oxygens (including phenoxy) is 1. The summed E-state index contributed by atoms with van der Waals surface area (Å²) >= 11 is 4.90. The number of aliphatic hydroxyl groups is 1. The molecule has 0 unspecified atom stereocenters. The van der Waals surface area contributed by atoms with Crippen molar-refractivity contribution in [1.82, 2.24) is 39.5 Å². The van der Waals surface area contributed by atoms with Gasteiger partial charge >= 0.3 is 11.5 Å². The van der Waals surface area contributed by atoms with Gasteiger partial charge in [0.15, 0.2) is 23.3 Å². The molecule has 4 heterocycles. The van der Waals surface area contributed by atoms with E-state index in [-0.39, 0.29) is 52.8 Å². The molecule has 4 amide bonds. The van der Waals surface area contributed by atoms with E-state index in [1.807, 2.05) is 48.5 Å². The predicted molar refractivity (Wildman–Crippen MR) is 273 cm³/mol. The molecule has 5 N–H and O–H groups in total. The summed E-state index contributed by atoms with van der Waals surface area (Å²) in [4.78, 5) is 71.4. The molecule has 16 nitrogen and oxygen atoms in total. The lowest BCUT2D eigenvalue weighted by atomic mass is 9.97. The Morgan fingerprint density at radius 1 is 0.573 bits per heavy atom. The molecule has 0 spiro atoms. The van der Waals surface area contributed by atoms with Crippen LogP contribution < -0.4 is 11.5 Å². The maximum Gasteiger partial charge on any atom is 0.409 e. The summed E-state index contributed by atoms with van der Waals surface area (Å²) in [5.74, 6) is -4.91. The maximum atomic E-state index is 14.3. The summed E-state index contributed by atoms with van der Waals surface area (Å²) in [6.07, 6.45) is -0.627. The number of anilines is 2. The second-order valence-corrected chi connectivity index (χ2v) is 18.1. The van der Waals surface area contributed by atoms with Crippen molar-refractivity contribution in [3.05, 3.63) is 177 Å². The maximum absolute atomic E-state index is 14.3. The third-order valence-electron chi connectivity index (χ3n) is 12.2. The van der Waals surface area contributed by atoms with E-state index in [1.54, 1.807) is 60.3 Å². The van der Waals surface area contributed by atoms with Crippen LogP contribution >= 0.6 is 11.6 Å². The summed E-state index contributed by atoms with van der Waals surface area (Å²) in [6.45, 7) is 1.03. The Labute approximate surface area is 431 Å². The number of amides is 4. The van der Waals surface area contributed by atoms with Gasteiger partial charge in [0, 0.05) is 70.7 Å². The highest BCUT2D eigenvalue weighted by Crippen LogP contribution is 2.34. The molecule has 6 aromatic carbocycles. The molecule has 0 atom stereocenters. The van der Waals surface area contributed by atoms with Gasteiger partial charge in [0.05, 0.1) is 17.6 Å². The molecule has 0 fully saturated rings. The van der Waals surface area contributed by atoms with E-state index in [0.717, 1.165) is 46.5 Å². The van der Waals surface area contributed by atoms with E-state index >= 15 is 0 Å². The Kier molecular flexibility index (Phi) is 15.5. The monoisotopic (exact) mass is 1040 g/mol. The number of nitrogens with zero attached hydrogens (tertiary/aromatic N) is 8. The minimum absolute atomic E-state index is 0.0332. The zero-order valence-corrected chi connectivity index (χ0v) is 41.5. The minimum Gasteiger partial charge on any atom is -0.445 e. The zero-order valence-electron chi connectivity index (χ0n) is 40.7. The standard InChI is InChI=1S/C27H23F2N5O3.C24H18F2N4O2.C3H6ClNO/c1-33(2)27(36)37-14-18-10-21(28)22(29)11-19(18)15-7-8-23-20(9-15)24(32-26(30)31-23)25(35)34-12-16-5-3-4-6-17(16)13-34;25-19-8-16(12-31)17(9-20(19)26)13-5-6-21-18(7-13)22(29-24(27)28-21)23(32)30-10-14-3-1-2-4-15(14)11-30;1-5(2)3(4)6/h3-11H,12-14H2,1-2H3,(H2,30,31,32);1-9,31H,10-12H2,(H2,27,28,29);1-2H3. The SMILES string of the molecule is CN(C)C(=O)Cl.CN(C)C(=O)OCc1cc(F)c(F)cc1-c1ccc2nc(N)nc(C(=O)N3Cc4ccccc4C3)c2c1.Nc1nc(C(=O)N2Cc3ccccc3C2)c2cc(-c3cc(F)c(F)cc3CO)ccc2n1. The summed E-state index contributed by atoms with van der Waals surface area (Å²) in [5, 5.41) is 10.0. The van der Waals surface area contributed by atoms with Gasteiger partial charge in [-0.1, -0.05) is 60.7 Å². The van der Waals surface area contributed by atoms with Crippen molar-refractivity contribution in [3.8, 4) is 22.3 Å². The van der Waals surface area contributed by atoms with Gasteiger partial charge in [-0.05, 0) is 110 Å². The summed E-state index contributed by atoms with van der Waals surface area (Å²) in [7, 11) is 6.21. The van der Waals surface area contributed by atoms with Gasteiger partial charge in [0.1, 0.15) is 18.0 Å². The molecule has 2 aromatic heterocycles. The highest BCUT2D eigenvalue weighted by Gasteiger charge is 2.29. The van der Waals surface area contributed by atoms with Crippen molar-refractivity contribution in [2.45, 2.75) is 39.4 Å². The van der Waals surface area contributed by atoms with Crippen molar-refractivity contribution in [1.29, 1.82) is 0 Å². The largest absolute Gasteiger partial charge is 0.445 e. The fraction of sp³-hybridized carbons (Fsp3) is 0.185. The third kappa shape index (κ3) is 11.6. The number of fused-ring (bicyclic) bond motifs is 4. The van der Waals surface area contributed by atoms with Gasteiger partial charge in [-0.2, -0.15) is 0 Å². The average Bonchev–Trinajstić information content (AvgIpc) is 4.04. The fourth-order valence-electron chi connectivity index (χ4n) is 8.44. The molecule has 8 aromatic rings. The number of carbonyl (C=O) groups excluding carboxylic acids is 4. The Bertz CT molecular complexity index is 3520. The Morgan fingerprint density at radius 2 is 0.947 bits per heavy atom. The molecule has 2 aliphatic heterocycles. The first kappa shape index (κ1) is 52.6. The van der Waals surface area contributed by atoms with Crippen LogP contribution in [0.4, 0.5) is 39.0 Å². The van der Waals surface area contributed by atoms with Crippen LogP contribution in [-0.4, -0.2) is 96.1 Å². The van der Waals surface area contributed by atoms with Gasteiger partial charge in [-0.15, -0.1) is 0 Å². The van der Waals surface area contributed by atoms with Crippen LogP contribution in [0.2, 0.25) is 0 Å². The van der Waals surface area contributed by atoms with Gasteiger partial charge in [-0.25, -0.2) is 42.3 Å². The summed E-state index contributed by atoms with van der Waals surface area (Å²) < 4.78 is 61.2. The van der Waals surface area contributed by atoms with Crippen molar-refractivity contribution in [2.24, 2.45) is 0 Å². The number of hydrogen-bond donors (Lipinski definition) is 3. The predicted octanol–water partition coefficient (Wildman–Crippen LogP) is 9.22. The normalized spacial score (nSPS) is 12.3. The quantitative estimate of drug-likeness (QED) is 0.0774. The van der Waals surface area contributed by atoms with Crippen LogP contribution in [0.15, 0.2) is 109 Å². The molecular weight excluding hydrogens is 996 g/mol. The molecule has 0 aliphatic carbocycles. The second kappa shape index (κ2) is 22.2. The average molecular weight is 1040 g/mol. The number of rotatable bonds is 7. The van der Waals surface area contributed by atoms with E-state index in [2.05, 4.69) is 19.9 Å². The van der Waals surface area contributed by atoms with E-state index in [4.69, 9.17) is 27.8 Å². The van der Waals surface area contributed by atoms with Crippen molar-refractivity contribution >= 4 is 68.6 Å². The number of nitrogen functional groups attached to an aromatic ring is 2. The van der Waals surface area contributed by atoms with E-state index in [1.165, 1.54) is 23.9 Å². The number of aliphatic hydroxyl groups excluding tert-OH is 1. The zero-order chi connectivity index (χ0) is 53.8. The molecule has 384 valence electrons. The number of nitrogens with two attached hydrogens (primary N) is 2. The lowest BCUT2D eigenvalue weighted by Gasteiger charge is -2.17. The Morgan fingerprint density at radius 3 is 1.32 bits per heavy atom. The van der Waals surface area contributed by atoms with E-state index in [0.29, 0.717) is 70.2 Å². The van der Waals surface area contributed by atoms with Gasteiger partial charge < -0.3 is 40.9 Å². The summed E-state index contributed by atoms with van der Waals surface area (Å²) in [5.41, 5.74) is 19.2. The van der Waals surface area contributed by atoms with E-state index in [9.17, 15) is 41.8 Å². The smallest absolute Gasteiger partial charge is 0.409 e. The van der Waals surface area contributed by atoms with Gasteiger partial charge in [0.25, 0.3) is 11.8 Å². The number of benzene rings is 6. The van der Waals surface area contributed by atoms with Crippen LogP contribution in [0.3, 0.4) is 0 Å². The number of aromatic nitrogens is 4. The lowest BCUT2D eigenvalue weighted by molar-refractivity contribution is 0.0741. The van der Waals surface area contributed by atoms with E-state index < -0.39 is 41.3 Å². The molecule has 2 aliphatic rings. The molecule has 10 rings (SSSR count). The van der Waals surface area contributed by atoms with Crippen molar-refractivity contribution in [2.75, 3.05) is 39.7 Å².